The van der Waals surface area contributed by atoms with Gasteiger partial charge in [-0.3, -0.25) is 0 Å². The average molecular weight is 209 g/mol. The molecule has 0 amide bonds. The molecule has 0 spiro atoms. The van der Waals surface area contributed by atoms with Gasteiger partial charge in [0, 0.05) is 24.7 Å². The van der Waals surface area contributed by atoms with Crippen molar-refractivity contribution >= 4 is 0 Å². The Kier molecular flexibility index (Phi) is 3.08. The lowest BCUT2D eigenvalue weighted by molar-refractivity contribution is 0.0263. The van der Waals surface area contributed by atoms with Crippen LogP contribution in [0.4, 0.5) is 0 Å². The number of aromatic hydroxyl groups is 1. The molecule has 1 fully saturated rings. The lowest BCUT2D eigenvalue weighted by Crippen LogP contribution is -2.33. The second-order valence-electron chi connectivity index (χ2n) is 3.49. The molecular weight excluding hydrogens is 194 g/mol. The number of phenolic OH excluding ortho intramolecular Hbond substituents is 1. The number of ether oxygens (including phenoxy) is 2. The molecule has 1 unspecified atom stereocenters. The minimum absolute atomic E-state index is 0.0651. The summed E-state index contributed by atoms with van der Waals surface area (Å²) in [5.41, 5.74) is 0.808. The van der Waals surface area contributed by atoms with Gasteiger partial charge in [-0.15, -0.1) is 0 Å². The van der Waals surface area contributed by atoms with Crippen molar-refractivity contribution in [1.82, 2.24) is 5.32 Å². The van der Waals surface area contributed by atoms with E-state index in [9.17, 15) is 5.11 Å². The summed E-state index contributed by atoms with van der Waals surface area (Å²) in [6, 6.07) is 5.27. The van der Waals surface area contributed by atoms with Gasteiger partial charge in [-0.25, -0.2) is 0 Å². The van der Waals surface area contributed by atoms with E-state index in [4.69, 9.17) is 9.47 Å². The number of benzene rings is 1. The van der Waals surface area contributed by atoms with Crippen LogP contribution in [0.5, 0.6) is 11.5 Å². The van der Waals surface area contributed by atoms with Crippen molar-refractivity contribution in [2.45, 2.75) is 6.10 Å². The Hall–Kier alpha value is -1.26. The molecule has 1 aliphatic rings. The lowest BCUT2D eigenvalue weighted by atomic mass is 10.1. The van der Waals surface area contributed by atoms with Crippen molar-refractivity contribution in [2.24, 2.45) is 0 Å². The third-order valence-corrected chi connectivity index (χ3v) is 2.51. The van der Waals surface area contributed by atoms with Crippen molar-refractivity contribution in [3.63, 3.8) is 0 Å². The Morgan fingerprint density at radius 1 is 1.53 bits per heavy atom. The largest absolute Gasteiger partial charge is 0.507 e. The van der Waals surface area contributed by atoms with Crippen LogP contribution in [0.1, 0.15) is 11.7 Å². The van der Waals surface area contributed by atoms with Gasteiger partial charge in [0.05, 0.1) is 19.8 Å². The van der Waals surface area contributed by atoms with Crippen LogP contribution in [0, 0.1) is 0 Å². The summed E-state index contributed by atoms with van der Waals surface area (Å²) in [7, 11) is 1.58. The number of rotatable bonds is 2. The minimum atomic E-state index is -0.0651. The lowest BCUT2D eigenvalue weighted by Gasteiger charge is -2.24. The highest BCUT2D eigenvalue weighted by Crippen LogP contribution is 2.30. The third-order valence-electron chi connectivity index (χ3n) is 2.51. The van der Waals surface area contributed by atoms with E-state index in [0.29, 0.717) is 12.4 Å². The van der Waals surface area contributed by atoms with Gasteiger partial charge in [0.25, 0.3) is 0 Å². The van der Waals surface area contributed by atoms with Crippen LogP contribution in [0.25, 0.3) is 0 Å². The summed E-state index contributed by atoms with van der Waals surface area (Å²) < 4.78 is 10.6. The number of nitrogens with one attached hydrogen (secondary N) is 1. The Morgan fingerprint density at radius 3 is 3.00 bits per heavy atom. The highest BCUT2D eigenvalue weighted by Gasteiger charge is 2.18. The van der Waals surface area contributed by atoms with Gasteiger partial charge in [0.15, 0.2) is 0 Å². The van der Waals surface area contributed by atoms with E-state index in [2.05, 4.69) is 5.32 Å². The van der Waals surface area contributed by atoms with E-state index in [0.717, 1.165) is 18.7 Å². The number of methoxy groups -OCH3 is 1. The summed E-state index contributed by atoms with van der Waals surface area (Å²) in [5, 5.41) is 13.0. The van der Waals surface area contributed by atoms with Crippen LogP contribution in [-0.2, 0) is 4.74 Å². The monoisotopic (exact) mass is 209 g/mol. The maximum atomic E-state index is 9.79. The van der Waals surface area contributed by atoms with Crippen LogP contribution >= 0.6 is 0 Å². The van der Waals surface area contributed by atoms with Crippen LogP contribution in [0.15, 0.2) is 18.2 Å². The van der Waals surface area contributed by atoms with Crippen molar-refractivity contribution in [1.29, 1.82) is 0 Å². The molecular formula is C11H15NO3. The third kappa shape index (κ3) is 2.22. The molecule has 1 aliphatic heterocycles. The van der Waals surface area contributed by atoms with Gasteiger partial charge in [-0.05, 0) is 12.1 Å². The highest BCUT2D eigenvalue weighted by atomic mass is 16.5. The summed E-state index contributed by atoms with van der Waals surface area (Å²) in [4.78, 5) is 0. The van der Waals surface area contributed by atoms with E-state index in [1.165, 1.54) is 0 Å². The minimum Gasteiger partial charge on any atom is -0.507 e. The molecule has 82 valence electrons. The molecule has 1 aromatic carbocycles. The van der Waals surface area contributed by atoms with Gasteiger partial charge < -0.3 is 19.9 Å². The van der Waals surface area contributed by atoms with Crippen molar-refractivity contribution in [3.05, 3.63) is 23.8 Å². The molecule has 4 nitrogen and oxygen atoms in total. The van der Waals surface area contributed by atoms with Crippen molar-refractivity contribution in [3.8, 4) is 11.5 Å². The van der Waals surface area contributed by atoms with Gasteiger partial charge in [0.2, 0.25) is 0 Å². The predicted octanol–water partition coefficient (Wildman–Crippen LogP) is 1.06. The molecule has 0 bridgehead atoms. The van der Waals surface area contributed by atoms with E-state index < -0.39 is 0 Å². The molecule has 2 N–H and O–H groups in total. The average Bonchev–Trinajstić information content (AvgIpc) is 2.30. The molecule has 0 saturated carbocycles. The second kappa shape index (κ2) is 4.51. The van der Waals surface area contributed by atoms with E-state index in [1.807, 2.05) is 12.1 Å². The molecule has 1 atom stereocenters. The van der Waals surface area contributed by atoms with Crippen LogP contribution in [0.3, 0.4) is 0 Å². The van der Waals surface area contributed by atoms with Crippen LogP contribution < -0.4 is 10.1 Å². The van der Waals surface area contributed by atoms with Gasteiger partial charge in [0.1, 0.15) is 11.5 Å². The quantitative estimate of drug-likeness (QED) is 0.764. The molecule has 2 rings (SSSR count). The highest BCUT2D eigenvalue weighted by molar-refractivity contribution is 5.41. The second-order valence-corrected chi connectivity index (χ2v) is 3.49. The summed E-state index contributed by atoms with van der Waals surface area (Å²) in [6.45, 7) is 2.28. The Bertz CT molecular complexity index is 335. The normalized spacial score (nSPS) is 21.3. The molecule has 1 aromatic rings. The number of phenols is 1. The van der Waals surface area contributed by atoms with Crippen molar-refractivity contribution in [2.75, 3.05) is 26.8 Å². The molecule has 0 radical (unpaired) electrons. The van der Waals surface area contributed by atoms with E-state index >= 15 is 0 Å². The first-order valence-corrected chi connectivity index (χ1v) is 5.00. The Labute approximate surface area is 88.8 Å². The van der Waals surface area contributed by atoms with Gasteiger partial charge in [-0.1, -0.05) is 0 Å². The first-order valence-electron chi connectivity index (χ1n) is 5.00. The smallest absolute Gasteiger partial charge is 0.125 e. The number of morpholine rings is 1. The predicted molar refractivity (Wildman–Crippen MR) is 56.2 cm³/mol. The molecule has 15 heavy (non-hydrogen) atoms. The first-order chi connectivity index (χ1) is 7.31. The molecule has 0 aromatic heterocycles. The fourth-order valence-corrected chi connectivity index (χ4v) is 1.69. The Balaban J connectivity index is 2.19. The topological polar surface area (TPSA) is 50.7 Å². The summed E-state index contributed by atoms with van der Waals surface area (Å²) in [6.07, 6.45) is -0.0651. The van der Waals surface area contributed by atoms with Gasteiger partial charge >= 0.3 is 0 Å². The zero-order valence-corrected chi connectivity index (χ0v) is 8.69. The fourth-order valence-electron chi connectivity index (χ4n) is 1.69. The van der Waals surface area contributed by atoms with E-state index in [1.54, 1.807) is 13.2 Å². The summed E-state index contributed by atoms with van der Waals surface area (Å²) in [5.74, 6) is 0.878. The van der Waals surface area contributed by atoms with Gasteiger partial charge in [-0.2, -0.15) is 0 Å². The maximum Gasteiger partial charge on any atom is 0.125 e. The SMILES string of the molecule is COc1ccc(C2CNCCO2)c(O)c1. The zero-order chi connectivity index (χ0) is 10.7. The number of hydrogen-bond acceptors (Lipinski definition) is 4. The molecule has 0 aliphatic carbocycles. The maximum absolute atomic E-state index is 9.79. The molecule has 1 heterocycles. The number of hydrogen-bond donors (Lipinski definition) is 2. The fraction of sp³-hybridized carbons (Fsp3) is 0.455. The van der Waals surface area contributed by atoms with Crippen LogP contribution in [0.2, 0.25) is 0 Å². The summed E-state index contributed by atoms with van der Waals surface area (Å²) >= 11 is 0. The standard InChI is InChI=1S/C11H15NO3/c1-14-8-2-3-9(10(13)6-8)11-7-12-4-5-15-11/h2-3,6,11-13H,4-5,7H2,1H3. The van der Waals surface area contributed by atoms with Crippen molar-refractivity contribution < 1.29 is 14.6 Å². The molecule has 4 heteroatoms. The van der Waals surface area contributed by atoms with E-state index in [-0.39, 0.29) is 11.9 Å². The van der Waals surface area contributed by atoms with Crippen LogP contribution in [-0.4, -0.2) is 31.9 Å². The zero-order valence-electron chi connectivity index (χ0n) is 8.69. The Morgan fingerprint density at radius 2 is 2.40 bits per heavy atom. The molecule has 1 saturated heterocycles. The first kappa shape index (κ1) is 10.3.